The lowest BCUT2D eigenvalue weighted by Gasteiger charge is -2.08. The summed E-state index contributed by atoms with van der Waals surface area (Å²) in [7, 11) is 0. The highest BCUT2D eigenvalue weighted by molar-refractivity contribution is 5.18. The van der Waals surface area contributed by atoms with Crippen LogP contribution in [0.2, 0.25) is 0 Å². The molecule has 0 amide bonds. The Hall–Kier alpha value is -1.42. The first-order valence-electron chi connectivity index (χ1n) is 4.58. The minimum atomic E-state index is 0.571. The fraction of sp³-hybridized carbons (Fsp3) is 0.333. The number of rotatable bonds is 3. The van der Waals surface area contributed by atoms with E-state index < -0.39 is 0 Å². The fourth-order valence-corrected chi connectivity index (χ4v) is 1.31. The largest absolute Gasteiger partial charge is 0.359 e. The van der Waals surface area contributed by atoms with Crippen molar-refractivity contribution >= 4 is 0 Å². The second-order valence-corrected chi connectivity index (χ2v) is 3.17. The van der Waals surface area contributed by atoms with Gasteiger partial charge in [0.05, 0.1) is 0 Å². The van der Waals surface area contributed by atoms with Crippen molar-refractivity contribution in [1.29, 1.82) is 0 Å². The van der Waals surface area contributed by atoms with Crippen molar-refractivity contribution in [1.82, 2.24) is 0 Å². The molecule has 0 aromatic heterocycles. The van der Waals surface area contributed by atoms with Gasteiger partial charge in [0.15, 0.2) is 0 Å². The first kappa shape index (κ1) is 9.67. The molecule has 1 unspecified atom stereocenters. The van der Waals surface area contributed by atoms with Crippen LogP contribution in [-0.2, 0) is 0 Å². The molecule has 0 bridgehead atoms. The Morgan fingerprint density at radius 3 is 2.62 bits per heavy atom. The Morgan fingerprint density at radius 1 is 1.31 bits per heavy atom. The van der Waals surface area contributed by atoms with E-state index in [0.717, 1.165) is 12.8 Å². The summed E-state index contributed by atoms with van der Waals surface area (Å²) >= 11 is 0. The van der Waals surface area contributed by atoms with Gasteiger partial charge in [0.1, 0.15) is 0 Å². The molecule has 68 valence electrons. The van der Waals surface area contributed by atoms with Crippen LogP contribution in [0.3, 0.4) is 0 Å². The van der Waals surface area contributed by atoms with Crippen LogP contribution in [0.4, 0.5) is 0 Å². The maximum atomic E-state index is 5.09. The van der Waals surface area contributed by atoms with E-state index in [4.69, 9.17) is 5.73 Å². The maximum Gasteiger partial charge on any atom is 0.0113 e. The van der Waals surface area contributed by atoms with Gasteiger partial charge in [-0.25, -0.2) is 0 Å². The summed E-state index contributed by atoms with van der Waals surface area (Å²) in [5.74, 6) is 3.45. The van der Waals surface area contributed by atoms with E-state index in [1.807, 2.05) is 6.07 Å². The molecule has 0 aliphatic carbocycles. The molecule has 0 radical (unpaired) electrons. The summed E-state index contributed by atoms with van der Waals surface area (Å²) < 4.78 is 0. The molecule has 0 spiro atoms. The fourth-order valence-electron chi connectivity index (χ4n) is 1.31. The molecule has 0 saturated heterocycles. The van der Waals surface area contributed by atoms with Crippen molar-refractivity contribution in [3.8, 4) is 12.0 Å². The molecule has 0 aliphatic heterocycles. The van der Waals surface area contributed by atoms with E-state index in [1.165, 1.54) is 5.56 Å². The molecule has 1 rings (SSSR count). The van der Waals surface area contributed by atoms with E-state index in [9.17, 15) is 0 Å². The molecular formula is C12H15N. The molecule has 13 heavy (non-hydrogen) atoms. The van der Waals surface area contributed by atoms with Gasteiger partial charge in [-0.3, -0.25) is 0 Å². The SMILES string of the molecule is CC(CCC#CN)c1ccccc1. The standard InChI is InChI=1S/C12H15N/c1-11(7-5-6-10-13)12-8-3-2-4-9-12/h2-4,8-9,11H,5,7,13H2,1H3. The third-order valence-corrected chi connectivity index (χ3v) is 2.17. The zero-order valence-electron chi connectivity index (χ0n) is 7.96. The van der Waals surface area contributed by atoms with E-state index in [-0.39, 0.29) is 0 Å². The molecule has 1 aromatic carbocycles. The third kappa shape index (κ3) is 3.21. The summed E-state index contributed by atoms with van der Waals surface area (Å²) in [6.45, 7) is 2.22. The Labute approximate surface area is 80.0 Å². The predicted octanol–water partition coefficient (Wildman–Crippen LogP) is 2.49. The molecule has 2 N–H and O–H groups in total. The van der Waals surface area contributed by atoms with Crippen LogP contribution in [0.5, 0.6) is 0 Å². The smallest absolute Gasteiger partial charge is 0.0113 e. The van der Waals surface area contributed by atoms with Gasteiger partial charge in [-0.1, -0.05) is 43.2 Å². The van der Waals surface area contributed by atoms with Gasteiger partial charge in [-0.2, -0.15) is 0 Å². The number of hydrogen-bond acceptors (Lipinski definition) is 1. The van der Waals surface area contributed by atoms with Crippen molar-refractivity contribution < 1.29 is 0 Å². The van der Waals surface area contributed by atoms with Crippen molar-refractivity contribution in [3.05, 3.63) is 35.9 Å². The Bertz CT molecular complexity index is 292. The van der Waals surface area contributed by atoms with E-state index in [2.05, 4.69) is 43.2 Å². The van der Waals surface area contributed by atoms with Crippen LogP contribution >= 0.6 is 0 Å². The molecule has 1 nitrogen and oxygen atoms in total. The topological polar surface area (TPSA) is 26.0 Å². The van der Waals surface area contributed by atoms with Crippen molar-refractivity contribution in [2.75, 3.05) is 0 Å². The van der Waals surface area contributed by atoms with E-state index in [0.29, 0.717) is 5.92 Å². The molecular weight excluding hydrogens is 158 g/mol. The molecule has 1 heteroatoms. The number of nitrogens with two attached hydrogens (primary N) is 1. The molecule has 0 saturated carbocycles. The zero-order chi connectivity index (χ0) is 9.52. The maximum absolute atomic E-state index is 5.09. The second-order valence-electron chi connectivity index (χ2n) is 3.17. The zero-order valence-corrected chi connectivity index (χ0v) is 7.96. The quantitative estimate of drug-likeness (QED) is 0.551. The second kappa shape index (κ2) is 5.27. The minimum absolute atomic E-state index is 0.571. The monoisotopic (exact) mass is 173 g/mol. The average Bonchev–Trinajstić information content (AvgIpc) is 2.19. The number of hydrogen-bond donors (Lipinski definition) is 1. The highest BCUT2D eigenvalue weighted by atomic mass is 14.4. The van der Waals surface area contributed by atoms with Gasteiger partial charge in [0.2, 0.25) is 0 Å². The highest BCUT2D eigenvalue weighted by Gasteiger charge is 2.02. The molecule has 0 heterocycles. The van der Waals surface area contributed by atoms with E-state index in [1.54, 1.807) is 0 Å². The number of benzene rings is 1. The van der Waals surface area contributed by atoms with Gasteiger partial charge >= 0.3 is 0 Å². The highest BCUT2D eigenvalue weighted by Crippen LogP contribution is 2.19. The summed E-state index contributed by atoms with van der Waals surface area (Å²) in [5, 5.41) is 0. The summed E-state index contributed by atoms with van der Waals surface area (Å²) in [6, 6.07) is 12.9. The average molecular weight is 173 g/mol. The lowest BCUT2D eigenvalue weighted by molar-refractivity contribution is 0.698. The lowest BCUT2D eigenvalue weighted by atomic mass is 9.97. The van der Waals surface area contributed by atoms with Crippen LogP contribution in [0, 0.1) is 12.0 Å². The molecule has 0 aliphatic rings. The van der Waals surface area contributed by atoms with Crippen LogP contribution < -0.4 is 5.73 Å². The Balaban J connectivity index is 2.47. The first-order chi connectivity index (χ1) is 6.34. The van der Waals surface area contributed by atoms with Crippen molar-refractivity contribution in [3.63, 3.8) is 0 Å². The minimum Gasteiger partial charge on any atom is -0.359 e. The van der Waals surface area contributed by atoms with Crippen molar-refractivity contribution in [2.24, 2.45) is 5.73 Å². The predicted molar refractivity (Wildman–Crippen MR) is 56.1 cm³/mol. The summed E-state index contributed by atoms with van der Waals surface area (Å²) in [5.41, 5.74) is 6.47. The molecule has 1 atom stereocenters. The normalized spacial score (nSPS) is 11.5. The molecule has 0 fully saturated rings. The summed E-state index contributed by atoms with van der Waals surface area (Å²) in [4.78, 5) is 0. The van der Waals surface area contributed by atoms with Crippen LogP contribution in [-0.4, -0.2) is 0 Å². The van der Waals surface area contributed by atoms with Gasteiger partial charge in [-0.15, -0.1) is 0 Å². The first-order valence-corrected chi connectivity index (χ1v) is 4.58. The Kier molecular flexibility index (Phi) is 3.92. The molecule has 1 aromatic rings. The lowest BCUT2D eigenvalue weighted by Crippen LogP contribution is -1.92. The third-order valence-electron chi connectivity index (χ3n) is 2.17. The summed E-state index contributed by atoms with van der Waals surface area (Å²) in [6.07, 6.45) is 1.96. The van der Waals surface area contributed by atoms with Gasteiger partial charge in [0, 0.05) is 12.5 Å². The Morgan fingerprint density at radius 2 is 2.00 bits per heavy atom. The van der Waals surface area contributed by atoms with Crippen molar-refractivity contribution in [2.45, 2.75) is 25.7 Å². The van der Waals surface area contributed by atoms with Crippen LogP contribution in [0.1, 0.15) is 31.2 Å². The van der Waals surface area contributed by atoms with Gasteiger partial charge in [0.25, 0.3) is 0 Å². The van der Waals surface area contributed by atoms with Crippen LogP contribution in [0.25, 0.3) is 0 Å². The van der Waals surface area contributed by atoms with Gasteiger partial charge in [-0.05, 0) is 17.9 Å². The van der Waals surface area contributed by atoms with Crippen LogP contribution in [0.15, 0.2) is 30.3 Å². The van der Waals surface area contributed by atoms with E-state index >= 15 is 0 Å². The van der Waals surface area contributed by atoms with Gasteiger partial charge < -0.3 is 5.73 Å².